The molecule has 14 heteroatoms. The maximum Gasteiger partial charge on any atom is 0.501 e. The standard InChI is InChI=1S/C17H24F3N3O6S2/c1-16(2,3)15(24)29-23-8-6-11(7-9-23)21-13-5-4-12(22-30(25)26)10-14(13)31(27,28)17(18,19)20/h4-5,10-11,21,30H,6-9H2,1-3H3,(H,22,25,26). The van der Waals surface area contributed by atoms with Gasteiger partial charge in [-0.05, 0) is 51.8 Å². The lowest BCUT2D eigenvalue weighted by molar-refractivity contribution is -0.204. The summed E-state index contributed by atoms with van der Waals surface area (Å²) < 4.78 is 86.9. The van der Waals surface area contributed by atoms with Crippen LogP contribution in [0.1, 0.15) is 33.6 Å². The number of hydrogen-bond acceptors (Lipinski definition) is 8. The molecule has 0 amide bonds. The molecule has 1 fully saturated rings. The van der Waals surface area contributed by atoms with Crippen LogP contribution >= 0.6 is 0 Å². The van der Waals surface area contributed by atoms with Crippen LogP contribution in [0, 0.1) is 5.41 Å². The maximum absolute atomic E-state index is 13.1. The first kappa shape index (κ1) is 25.2. The molecule has 1 heterocycles. The lowest BCUT2D eigenvalue weighted by atomic mass is 9.98. The summed E-state index contributed by atoms with van der Waals surface area (Å²) in [6.45, 7) is 5.71. The van der Waals surface area contributed by atoms with E-state index in [4.69, 9.17) is 4.84 Å². The van der Waals surface area contributed by atoms with Gasteiger partial charge in [-0.1, -0.05) is 0 Å². The molecular weight excluding hydrogens is 463 g/mol. The number of hydroxylamine groups is 2. The highest BCUT2D eigenvalue weighted by Gasteiger charge is 2.48. The van der Waals surface area contributed by atoms with Crippen LogP contribution in [-0.4, -0.2) is 52.5 Å². The molecule has 1 aromatic carbocycles. The smallest absolute Gasteiger partial charge is 0.381 e. The van der Waals surface area contributed by atoms with Crippen LogP contribution in [0.4, 0.5) is 24.5 Å². The zero-order valence-electron chi connectivity index (χ0n) is 17.0. The van der Waals surface area contributed by atoms with Gasteiger partial charge >= 0.3 is 11.5 Å². The lowest BCUT2D eigenvalue weighted by Gasteiger charge is -2.33. The van der Waals surface area contributed by atoms with E-state index in [1.807, 2.05) is 4.72 Å². The maximum atomic E-state index is 13.1. The van der Waals surface area contributed by atoms with Crippen molar-refractivity contribution in [3.05, 3.63) is 18.2 Å². The van der Waals surface area contributed by atoms with Crippen molar-refractivity contribution >= 4 is 38.1 Å². The molecule has 2 rings (SSSR count). The van der Waals surface area contributed by atoms with E-state index in [0.717, 1.165) is 12.1 Å². The fourth-order valence-electron chi connectivity index (χ4n) is 2.73. The first-order valence-electron chi connectivity index (χ1n) is 9.21. The zero-order valence-corrected chi connectivity index (χ0v) is 18.7. The van der Waals surface area contributed by atoms with Crippen molar-refractivity contribution in [3.8, 4) is 0 Å². The normalized spacial score (nSPS) is 16.9. The van der Waals surface area contributed by atoms with Crippen LogP contribution in [0.5, 0.6) is 0 Å². The van der Waals surface area contributed by atoms with Gasteiger partial charge in [0.25, 0.3) is 9.84 Å². The predicted octanol–water partition coefficient (Wildman–Crippen LogP) is 2.30. The third-order valence-corrected chi connectivity index (χ3v) is 6.40. The summed E-state index contributed by atoms with van der Waals surface area (Å²) in [7, 11) is -8.93. The summed E-state index contributed by atoms with van der Waals surface area (Å²) >= 11 is 0. The lowest BCUT2D eigenvalue weighted by Crippen LogP contribution is -2.42. The summed E-state index contributed by atoms with van der Waals surface area (Å²) in [4.78, 5) is 16.2. The number of nitrogens with zero attached hydrogens (tertiary/aromatic N) is 1. The van der Waals surface area contributed by atoms with Crippen molar-refractivity contribution in [2.45, 2.75) is 50.1 Å². The molecule has 1 saturated heterocycles. The Morgan fingerprint density at radius 3 is 2.23 bits per heavy atom. The van der Waals surface area contributed by atoms with E-state index < -0.39 is 42.5 Å². The molecule has 0 bridgehead atoms. The van der Waals surface area contributed by atoms with Crippen molar-refractivity contribution in [1.82, 2.24) is 5.06 Å². The Morgan fingerprint density at radius 1 is 1.16 bits per heavy atom. The predicted molar refractivity (Wildman–Crippen MR) is 107 cm³/mol. The number of halogens is 3. The molecule has 176 valence electrons. The quantitative estimate of drug-likeness (QED) is 0.523. The molecular formula is C17H24F3N3O6S2. The van der Waals surface area contributed by atoms with E-state index in [0.29, 0.717) is 32.0 Å². The van der Waals surface area contributed by atoms with Crippen LogP contribution in [0.3, 0.4) is 0 Å². The van der Waals surface area contributed by atoms with E-state index in [2.05, 4.69) is 5.32 Å². The van der Waals surface area contributed by atoms with Crippen molar-refractivity contribution in [3.63, 3.8) is 0 Å². The summed E-state index contributed by atoms with van der Waals surface area (Å²) in [6.07, 6.45) is 0.741. The minimum atomic E-state index is -5.74. The largest absolute Gasteiger partial charge is 0.501 e. The second kappa shape index (κ2) is 9.20. The number of sulfone groups is 1. The Balaban J connectivity index is 2.19. The molecule has 31 heavy (non-hydrogen) atoms. The highest BCUT2D eigenvalue weighted by Crippen LogP contribution is 2.36. The van der Waals surface area contributed by atoms with Gasteiger partial charge in [-0.25, -0.2) is 21.6 Å². The van der Waals surface area contributed by atoms with E-state index in [9.17, 15) is 34.8 Å². The molecule has 9 nitrogen and oxygen atoms in total. The number of carbonyl (C=O) groups is 1. The average molecular weight is 488 g/mol. The van der Waals surface area contributed by atoms with Crippen molar-refractivity contribution in [2.24, 2.45) is 5.41 Å². The number of carbonyl (C=O) groups excluding carboxylic acids is 1. The molecule has 0 radical (unpaired) electrons. The van der Waals surface area contributed by atoms with Crippen LogP contribution in [-0.2, 0) is 30.4 Å². The second-order valence-electron chi connectivity index (χ2n) is 8.01. The second-order valence-corrected chi connectivity index (χ2v) is 10.7. The zero-order chi connectivity index (χ0) is 23.6. The fourth-order valence-corrected chi connectivity index (χ4v) is 4.03. The molecule has 0 atom stereocenters. The number of alkyl halides is 3. The molecule has 1 aliphatic heterocycles. The van der Waals surface area contributed by atoms with Crippen LogP contribution in [0.15, 0.2) is 23.1 Å². The minimum absolute atomic E-state index is 0.297. The summed E-state index contributed by atoms with van der Waals surface area (Å²) in [5, 5.41) is 4.24. The monoisotopic (exact) mass is 487 g/mol. The Bertz CT molecular complexity index is 987. The summed E-state index contributed by atoms with van der Waals surface area (Å²) in [5.74, 6) is -0.419. The van der Waals surface area contributed by atoms with Gasteiger partial charge in [0, 0.05) is 24.8 Å². The van der Waals surface area contributed by atoms with Gasteiger partial charge in [-0.2, -0.15) is 13.2 Å². The molecule has 0 aliphatic carbocycles. The molecule has 1 aliphatic rings. The first-order chi connectivity index (χ1) is 14.1. The van der Waals surface area contributed by atoms with Gasteiger partial charge in [0.15, 0.2) is 0 Å². The minimum Gasteiger partial charge on any atom is -0.381 e. The number of thiol groups is 1. The van der Waals surface area contributed by atoms with Gasteiger partial charge in [0.1, 0.15) is 4.90 Å². The highest BCUT2D eigenvalue weighted by molar-refractivity contribution is 7.92. The van der Waals surface area contributed by atoms with E-state index in [1.54, 1.807) is 20.8 Å². The van der Waals surface area contributed by atoms with E-state index in [-0.39, 0.29) is 17.4 Å². The van der Waals surface area contributed by atoms with Crippen LogP contribution in [0.25, 0.3) is 0 Å². The van der Waals surface area contributed by atoms with E-state index >= 15 is 0 Å². The fraction of sp³-hybridized carbons (Fsp3) is 0.588. The number of anilines is 2. The van der Waals surface area contributed by atoms with Crippen LogP contribution in [0.2, 0.25) is 0 Å². The molecule has 0 unspecified atom stereocenters. The molecule has 0 saturated carbocycles. The Kier molecular flexibility index (Phi) is 7.48. The first-order valence-corrected chi connectivity index (χ1v) is 11.9. The third-order valence-electron chi connectivity index (χ3n) is 4.43. The van der Waals surface area contributed by atoms with Gasteiger partial charge in [0.2, 0.25) is 10.9 Å². The topological polar surface area (TPSA) is 122 Å². The Hall–Kier alpha value is -2.06. The van der Waals surface area contributed by atoms with Crippen molar-refractivity contribution < 1.29 is 39.6 Å². The van der Waals surface area contributed by atoms with Crippen molar-refractivity contribution in [1.29, 1.82) is 0 Å². The number of piperidine rings is 1. The number of hydrogen-bond donors (Lipinski definition) is 3. The third kappa shape index (κ3) is 6.46. The highest BCUT2D eigenvalue weighted by atomic mass is 32.2. The molecule has 1 aromatic rings. The number of nitrogens with one attached hydrogen (secondary N) is 2. The SMILES string of the molecule is CC(C)(C)C(=O)ON1CCC(Nc2ccc(N[SH](=O)=O)cc2S(=O)(=O)C(F)(F)F)CC1. The Labute approximate surface area is 179 Å². The van der Waals surface area contributed by atoms with Gasteiger partial charge in [0.05, 0.1) is 11.1 Å². The number of benzene rings is 1. The van der Waals surface area contributed by atoms with Gasteiger partial charge < -0.3 is 10.2 Å². The average Bonchev–Trinajstić information content (AvgIpc) is 2.62. The number of rotatable bonds is 6. The van der Waals surface area contributed by atoms with Gasteiger partial charge in [-0.15, -0.1) is 5.06 Å². The Morgan fingerprint density at radius 2 is 1.74 bits per heavy atom. The molecule has 2 N–H and O–H groups in total. The van der Waals surface area contributed by atoms with E-state index in [1.165, 1.54) is 5.06 Å². The molecule has 0 spiro atoms. The van der Waals surface area contributed by atoms with Crippen molar-refractivity contribution in [2.75, 3.05) is 23.1 Å². The summed E-state index contributed by atoms with van der Waals surface area (Å²) in [6, 6.07) is 2.47. The summed E-state index contributed by atoms with van der Waals surface area (Å²) in [5.41, 5.74) is -6.87. The van der Waals surface area contributed by atoms with Gasteiger partial charge in [-0.3, -0.25) is 4.72 Å². The molecule has 0 aromatic heterocycles. The van der Waals surface area contributed by atoms with Crippen LogP contribution < -0.4 is 10.0 Å².